The van der Waals surface area contributed by atoms with Gasteiger partial charge in [-0.3, -0.25) is 4.79 Å². The van der Waals surface area contributed by atoms with Crippen molar-refractivity contribution in [1.82, 2.24) is 0 Å². The van der Waals surface area contributed by atoms with Crippen LogP contribution in [0.15, 0.2) is 6.07 Å². The van der Waals surface area contributed by atoms with Gasteiger partial charge in [0.05, 0.1) is 13.0 Å². The van der Waals surface area contributed by atoms with E-state index < -0.39 is 35.4 Å². The molecule has 0 unspecified atom stereocenters. The average molecular weight is 234 g/mol. The van der Waals surface area contributed by atoms with Crippen LogP contribution in [0.25, 0.3) is 0 Å². The van der Waals surface area contributed by atoms with Crippen molar-refractivity contribution < 1.29 is 27.8 Å². The van der Waals surface area contributed by atoms with Gasteiger partial charge in [0.1, 0.15) is 5.75 Å². The Kier molecular flexibility index (Phi) is 3.76. The highest BCUT2D eigenvalue weighted by Crippen LogP contribution is 2.26. The van der Waals surface area contributed by atoms with Gasteiger partial charge in [0.25, 0.3) is 0 Å². The second kappa shape index (κ2) is 4.87. The first kappa shape index (κ1) is 12.4. The first-order valence-corrected chi connectivity index (χ1v) is 4.48. The molecule has 0 aromatic heterocycles. The maximum Gasteiger partial charge on any atom is 0.308 e. The van der Waals surface area contributed by atoms with Crippen LogP contribution in [0.4, 0.5) is 13.2 Å². The Morgan fingerprint density at radius 3 is 2.50 bits per heavy atom. The standard InChI is InChI=1S/C10H9F3O3/c1-2-16-7-4-6(11)10(13)9(12)5(7)3-8(14)15/h4H,2-3H2,1H3,(H,14,15). The van der Waals surface area contributed by atoms with Gasteiger partial charge >= 0.3 is 5.97 Å². The number of rotatable bonds is 4. The van der Waals surface area contributed by atoms with Crippen LogP contribution in [0, 0.1) is 17.5 Å². The second-order valence-corrected chi connectivity index (χ2v) is 2.97. The zero-order valence-electron chi connectivity index (χ0n) is 8.39. The van der Waals surface area contributed by atoms with Crippen molar-refractivity contribution in [2.75, 3.05) is 6.61 Å². The molecule has 1 N–H and O–H groups in total. The van der Waals surface area contributed by atoms with Crippen LogP contribution in [0.1, 0.15) is 12.5 Å². The molecule has 0 radical (unpaired) electrons. The average Bonchev–Trinajstić information content (AvgIpc) is 2.21. The van der Waals surface area contributed by atoms with Gasteiger partial charge in [-0.05, 0) is 6.92 Å². The molecule has 88 valence electrons. The molecular formula is C10H9F3O3. The van der Waals surface area contributed by atoms with Gasteiger partial charge in [-0.1, -0.05) is 0 Å². The number of carbonyl (C=O) groups is 1. The van der Waals surface area contributed by atoms with E-state index in [2.05, 4.69) is 0 Å². The number of hydrogen-bond donors (Lipinski definition) is 1. The van der Waals surface area contributed by atoms with E-state index in [1.165, 1.54) is 0 Å². The fraction of sp³-hybridized carbons (Fsp3) is 0.300. The Labute approximate surface area is 89.5 Å². The summed E-state index contributed by atoms with van der Waals surface area (Å²) in [5.74, 6) is -6.27. The van der Waals surface area contributed by atoms with E-state index in [9.17, 15) is 18.0 Å². The van der Waals surface area contributed by atoms with Crippen LogP contribution in [0.5, 0.6) is 5.75 Å². The molecule has 0 aliphatic rings. The van der Waals surface area contributed by atoms with Gasteiger partial charge in [-0.2, -0.15) is 0 Å². The SMILES string of the molecule is CCOc1cc(F)c(F)c(F)c1CC(=O)O. The lowest BCUT2D eigenvalue weighted by molar-refractivity contribution is -0.136. The molecule has 0 amide bonds. The Hall–Kier alpha value is -1.72. The summed E-state index contributed by atoms with van der Waals surface area (Å²) in [4.78, 5) is 10.4. The van der Waals surface area contributed by atoms with Crippen LogP contribution in [0.3, 0.4) is 0 Å². The van der Waals surface area contributed by atoms with Gasteiger partial charge < -0.3 is 9.84 Å². The number of aliphatic carboxylic acids is 1. The van der Waals surface area contributed by atoms with Gasteiger partial charge in [-0.25, -0.2) is 13.2 Å². The van der Waals surface area contributed by atoms with Crippen molar-refractivity contribution in [3.05, 3.63) is 29.1 Å². The summed E-state index contributed by atoms with van der Waals surface area (Å²) >= 11 is 0. The second-order valence-electron chi connectivity index (χ2n) is 2.97. The molecule has 0 aliphatic carbocycles. The molecule has 0 heterocycles. The summed E-state index contributed by atoms with van der Waals surface area (Å²) in [6, 6.07) is 0.639. The number of ether oxygens (including phenoxy) is 1. The van der Waals surface area contributed by atoms with Crippen LogP contribution < -0.4 is 4.74 Å². The fourth-order valence-electron chi connectivity index (χ4n) is 1.21. The van der Waals surface area contributed by atoms with Crippen molar-refractivity contribution >= 4 is 5.97 Å². The number of halogens is 3. The van der Waals surface area contributed by atoms with E-state index in [0.29, 0.717) is 6.07 Å². The number of benzene rings is 1. The summed E-state index contributed by atoms with van der Waals surface area (Å²) < 4.78 is 43.8. The molecule has 0 spiro atoms. The first-order valence-electron chi connectivity index (χ1n) is 4.48. The van der Waals surface area contributed by atoms with Gasteiger partial charge in [0.2, 0.25) is 0 Å². The highest BCUT2D eigenvalue weighted by Gasteiger charge is 2.21. The molecule has 0 atom stereocenters. The summed E-state index contributed by atoms with van der Waals surface area (Å²) in [7, 11) is 0. The van der Waals surface area contributed by atoms with Gasteiger partial charge in [-0.15, -0.1) is 0 Å². The molecule has 0 fully saturated rings. The van der Waals surface area contributed by atoms with Crippen LogP contribution in [-0.4, -0.2) is 17.7 Å². The smallest absolute Gasteiger partial charge is 0.308 e. The Morgan fingerprint density at radius 2 is 2.00 bits per heavy atom. The van der Waals surface area contributed by atoms with Crippen molar-refractivity contribution in [3.63, 3.8) is 0 Å². The van der Waals surface area contributed by atoms with E-state index in [1.54, 1.807) is 6.92 Å². The topological polar surface area (TPSA) is 46.5 Å². The molecule has 6 heteroatoms. The Balaban J connectivity index is 3.29. The maximum atomic E-state index is 13.2. The van der Waals surface area contributed by atoms with E-state index in [1.807, 2.05) is 0 Å². The first-order chi connectivity index (χ1) is 7.47. The largest absolute Gasteiger partial charge is 0.493 e. The minimum Gasteiger partial charge on any atom is -0.493 e. The van der Waals surface area contributed by atoms with Crippen molar-refractivity contribution in [3.8, 4) is 5.75 Å². The van der Waals surface area contributed by atoms with Gasteiger partial charge in [0, 0.05) is 11.6 Å². The third-order valence-corrected chi connectivity index (χ3v) is 1.85. The molecule has 0 aliphatic heterocycles. The molecule has 0 saturated heterocycles. The van der Waals surface area contributed by atoms with Crippen molar-refractivity contribution in [2.24, 2.45) is 0 Å². The normalized spacial score (nSPS) is 10.2. The fourth-order valence-corrected chi connectivity index (χ4v) is 1.21. The molecule has 1 aromatic rings. The molecular weight excluding hydrogens is 225 g/mol. The van der Waals surface area contributed by atoms with E-state index >= 15 is 0 Å². The Morgan fingerprint density at radius 1 is 1.38 bits per heavy atom. The van der Waals surface area contributed by atoms with Crippen LogP contribution >= 0.6 is 0 Å². The highest BCUT2D eigenvalue weighted by molar-refractivity contribution is 5.71. The van der Waals surface area contributed by atoms with E-state index in [-0.39, 0.29) is 12.4 Å². The quantitative estimate of drug-likeness (QED) is 0.812. The monoisotopic (exact) mass is 234 g/mol. The summed E-state index contributed by atoms with van der Waals surface area (Å²) in [5, 5.41) is 8.51. The minimum absolute atomic E-state index is 0.0944. The molecule has 1 rings (SSSR count). The molecule has 0 saturated carbocycles. The van der Waals surface area contributed by atoms with Crippen LogP contribution in [0.2, 0.25) is 0 Å². The molecule has 0 bridgehead atoms. The summed E-state index contributed by atoms with van der Waals surface area (Å²) in [6.07, 6.45) is -0.766. The zero-order valence-corrected chi connectivity index (χ0v) is 8.39. The lowest BCUT2D eigenvalue weighted by Gasteiger charge is -2.10. The zero-order chi connectivity index (χ0) is 12.3. The van der Waals surface area contributed by atoms with Crippen molar-refractivity contribution in [1.29, 1.82) is 0 Å². The van der Waals surface area contributed by atoms with E-state index in [4.69, 9.17) is 9.84 Å². The minimum atomic E-state index is -1.69. The predicted octanol–water partition coefficient (Wildman–Crippen LogP) is 2.13. The summed E-state index contributed by atoms with van der Waals surface area (Å²) in [5.41, 5.74) is -0.492. The van der Waals surface area contributed by atoms with Gasteiger partial charge in [0.15, 0.2) is 17.5 Å². The van der Waals surface area contributed by atoms with Crippen LogP contribution in [-0.2, 0) is 11.2 Å². The highest BCUT2D eigenvalue weighted by atomic mass is 19.2. The molecule has 3 nitrogen and oxygen atoms in total. The maximum absolute atomic E-state index is 13.2. The lowest BCUT2D eigenvalue weighted by Crippen LogP contribution is -2.09. The third-order valence-electron chi connectivity index (χ3n) is 1.85. The third kappa shape index (κ3) is 2.44. The van der Waals surface area contributed by atoms with Crippen molar-refractivity contribution in [2.45, 2.75) is 13.3 Å². The predicted molar refractivity (Wildman–Crippen MR) is 48.8 cm³/mol. The Bertz CT molecular complexity index is 418. The molecule has 16 heavy (non-hydrogen) atoms. The number of carboxylic acid groups (broad SMARTS) is 1. The van der Waals surface area contributed by atoms with E-state index in [0.717, 1.165) is 0 Å². The number of hydrogen-bond acceptors (Lipinski definition) is 2. The lowest BCUT2D eigenvalue weighted by atomic mass is 10.1. The molecule has 1 aromatic carbocycles. The number of carboxylic acids is 1. The summed E-state index contributed by atoms with van der Waals surface area (Å²) in [6.45, 7) is 1.65.